The highest BCUT2D eigenvalue weighted by Gasteiger charge is 2.30. The lowest BCUT2D eigenvalue weighted by molar-refractivity contribution is -0.137. The molecule has 1 rings (SSSR count). The molecular weight excluding hydrogens is 193 g/mol. The van der Waals surface area contributed by atoms with Gasteiger partial charge in [-0.25, -0.2) is 4.85 Å². The van der Waals surface area contributed by atoms with Crippen molar-refractivity contribution >= 4 is 11.4 Å². The largest absolute Gasteiger partial charge is 0.415 e. The Hall–Kier alpha value is -1.70. The SMILES string of the molecule is [C-]#[N+]c1cc(C(F)(F)F)ccc1NC. The summed E-state index contributed by atoms with van der Waals surface area (Å²) in [7, 11) is 1.55. The average Bonchev–Trinajstić information content (AvgIpc) is 2.15. The molecule has 0 atom stereocenters. The van der Waals surface area contributed by atoms with Crippen LogP contribution >= 0.6 is 0 Å². The molecule has 0 saturated carbocycles. The van der Waals surface area contributed by atoms with Gasteiger partial charge in [0.1, 0.15) is 0 Å². The lowest BCUT2D eigenvalue weighted by Crippen LogP contribution is -2.04. The van der Waals surface area contributed by atoms with Crippen LogP contribution in [0.5, 0.6) is 0 Å². The van der Waals surface area contributed by atoms with Gasteiger partial charge >= 0.3 is 6.18 Å². The van der Waals surface area contributed by atoms with Gasteiger partial charge in [-0.1, -0.05) is 6.07 Å². The summed E-state index contributed by atoms with van der Waals surface area (Å²) in [6, 6.07) is 3.02. The summed E-state index contributed by atoms with van der Waals surface area (Å²) in [5.41, 5.74) is -0.433. The fraction of sp³-hybridized carbons (Fsp3) is 0.222. The molecule has 0 unspecified atom stereocenters. The van der Waals surface area contributed by atoms with Gasteiger partial charge in [-0.2, -0.15) is 13.2 Å². The Morgan fingerprint density at radius 3 is 2.43 bits per heavy atom. The Kier molecular flexibility index (Phi) is 2.65. The van der Waals surface area contributed by atoms with E-state index in [4.69, 9.17) is 6.57 Å². The maximum absolute atomic E-state index is 12.2. The molecule has 0 amide bonds. The Morgan fingerprint density at radius 1 is 1.36 bits per heavy atom. The number of anilines is 1. The summed E-state index contributed by atoms with van der Waals surface area (Å²) in [4.78, 5) is 3.00. The minimum atomic E-state index is -4.40. The van der Waals surface area contributed by atoms with Gasteiger partial charge in [-0.15, -0.1) is 0 Å². The third-order valence-corrected chi connectivity index (χ3v) is 1.71. The lowest BCUT2D eigenvalue weighted by Gasteiger charge is -2.09. The summed E-state index contributed by atoms with van der Waals surface area (Å²) < 4.78 is 36.6. The first-order valence-corrected chi connectivity index (χ1v) is 3.75. The van der Waals surface area contributed by atoms with Crippen LogP contribution in [0.4, 0.5) is 24.5 Å². The van der Waals surface area contributed by atoms with E-state index in [0.29, 0.717) is 5.69 Å². The van der Waals surface area contributed by atoms with Gasteiger partial charge in [-0.05, 0) is 12.1 Å². The lowest BCUT2D eigenvalue weighted by atomic mass is 10.1. The third-order valence-electron chi connectivity index (χ3n) is 1.71. The van der Waals surface area contributed by atoms with Crippen LogP contribution in [0, 0.1) is 6.57 Å². The Balaban J connectivity index is 3.23. The van der Waals surface area contributed by atoms with E-state index in [1.165, 1.54) is 6.07 Å². The van der Waals surface area contributed by atoms with Crippen LogP contribution < -0.4 is 5.32 Å². The molecule has 14 heavy (non-hydrogen) atoms. The molecule has 0 saturated heterocycles. The minimum absolute atomic E-state index is 0.0256. The second-order valence-electron chi connectivity index (χ2n) is 2.59. The van der Waals surface area contributed by atoms with Crippen molar-refractivity contribution in [3.63, 3.8) is 0 Å². The number of benzene rings is 1. The molecule has 1 aromatic rings. The number of nitrogens with zero attached hydrogens (tertiary/aromatic N) is 1. The fourth-order valence-electron chi connectivity index (χ4n) is 1.01. The third kappa shape index (κ3) is 1.96. The van der Waals surface area contributed by atoms with E-state index in [0.717, 1.165) is 12.1 Å². The molecule has 0 fully saturated rings. The van der Waals surface area contributed by atoms with Crippen LogP contribution in [0.3, 0.4) is 0 Å². The standard InChI is InChI=1S/C9H7F3N2/c1-13-7-4-3-6(9(10,11)12)5-8(7)14-2/h3-5,13H,1H3. The zero-order valence-corrected chi connectivity index (χ0v) is 7.31. The molecule has 0 spiro atoms. The van der Waals surface area contributed by atoms with Gasteiger partial charge in [0, 0.05) is 18.3 Å². The number of halogens is 3. The quantitative estimate of drug-likeness (QED) is 0.688. The Labute approximate surface area is 79.2 Å². The number of rotatable bonds is 1. The first-order chi connectivity index (χ1) is 6.49. The number of nitrogens with one attached hydrogen (secondary N) is 1. The molecular formula is C9H7F3N2. The predicted molar refractivity (Wildman–Crippen MR) is 47.3 cm³/mol. The van der Waals surface area contributed by atoms with Crippen LogP contribution in [-0.2, 0) is 6.18 Å². The summed E-state index contributed by atoms with van der Waals surface area (Å²) in [6.45, 7) is 6.71. The molecule has 0 bridgehead atoms. The van der Waals surface area contributed by atoms with Crippen LogP contribution in [0.15, 0.2) is 18.2 Å². The van der Waals surface area contributed by atoms with Crippen molar-refractivity contribution in [3.8, 4) is 0 Å². The smallest absolute Gasteiger partial charge is 0.397 e. The van der Waals surface area contributed by atoms with Gasteiger partial charge in [0.25, 0.3) is 0 Å². The summed E-state index contributed by atoms with van der Waals surface area (Å²) in [5, 5.41) is 2.64. The van der Waals surface area contributed by atoms with Crippen LogP contribution in [0.1, 0.15) is 5.56 Å². The highest BCUT2D eigenvalue weighted by atomic mass is 19.4. The number of hydrogen-bond donors (Lipinski definition) is 1. The second-order valence-corrected chi connectivity index (χ2v) is 2.59. The highest BCUT2D eigenvalue weighted by molar-refractivity contribution is 5.70. The molecule has 0 aliphatic rings. The predicted octanol–water partition coefficient (Wildman–Crippen LogP) is 3.30. The van der Waals surface area contributed by atoms with Crippen molar-refractivity contribution in [1.29, 1.82) is 0 Å². The molecule has 2 nitrogen and oxygen atoms in total. The fourth-order valence-corrected chi connectivity index (χ4v) is 1.01. The maximum atomic E-state index is 12.2. The van der Waals surface area contributed by atoms with E-state index < -0.39 is 11.7 Å². The maximum Gasteiger partial charge on any atom is 0.415 e. The highest BCUT2D eigenvalue weighted by Crippen LogP contribution is 2.34. The molecule has 1 N–H and O–H groups in total. The van der Waals surface area contributed by atoms with Crippen molar-refractivity contribution in [3.05, 3.63) is 35.2 Å². The van der Waals surface area contributed by atoms with E-state index >= 15 is 0 Å². The normalized spacial score (nSPS) is 10.8. The second kappa shape index (κ2) is 3.58. The molecule has 5 heteroatoms. The molecule has 0 radical (unpaired) electrons. The molecule has 1 aromatic carbocycles. The number of alkyl halides is 3. The number of hydrogen-bond acceptors (Lipinski definition) is 1. The average molecular weight is 200 g/mol. The van der Waals surface area contributed by atoms with Crippen LogP contribution in [0.2, 0.25) is 0 Å². The van der Waals surface area contributed by atoms with Crippen molar-refractivity contribution in [2.75, 3.05) is 12.4 Å². The van der Waals surface area contributed by atoms with E-state index in [1.807, 2.05) is 0 Å². The zero-order valence-electron chi connectivity index (χ0n) is 7.31. The first-order valence-electron chi connectivity index (χ1n) is 3.75. The Bertz CT molecular complexity index is 377. The van der Waals surface area contributed by atoms with Crippen molar-refractivity contribution in [2.45, 2.75) is 6.18 Å². The van der Waals surface area contributed by atoms with Crippen molar-refractivity contribution < 1.29 is 13.2 Å². The summed E-state index contributed by atoms with van der Waals surface area (Å²) in [5.74, 6) is 0. The van der Waals surface area contributed by atoms with Gasteiger partial charge in [-0.3, -0.25) is 0 Å². The van der Waals surface area contributed by atoms with Crippen LogP contribution in [-0.4, -0.2) is 7.05 Å². The van der Waals surface area contributed by atoms with E-state index in [9.17, 15) is 13.2 Å². The summed E-state index contributed by atoms with van der Waals surface area (Å²) in [6.07, 6.45) is -4.40. The molecule has 74 valence electrons. The van der Waals surface area contributed by atoms with E-state index in [-0.39, 0.29) is 5.69 Å². The minimum Gasteiger partial charge on any atom is -0.397 e. The van der Waals surface area contributed by atoms with Gasteiger partial charge in [0.2, 0.25) is 5.69 Å². The van der Waals surface area contributed by atoms with Gasteiger partial charge in [0.15, 0.2) is 0 Å². The van der Waals surface area contributed by atoms with Crippen molar-refractivity contribution in [1.82, 2.24) is 0 Å². The van der Waals surface area contributed by atoms with E-state index in [2.05, 4.69) is 10.2 Å². The monoisotopic (exact) mass is 200 g/mol. The molecule has 0 aliphatic heterocycles. The molecule has 0 heterocycles. The van der Waals surface area contributed by atoms with Gasteiger partial charge in [0.05, 0.1) is 6.57 Å². The topological polar surface area (TPSA) is 16.4 Å². The molecule has 0 aromatic heterocycles. The molecule has 0 aliphatic carbocycles. The van der Waals surface area contributed by atoms with Gasteiger partial charge < -0.3 is 5.32 Å². The van der Waals surface area contributed by atoms with Crippen molar-refractivity contribution in [2.24, 2.45) is 0 Å². The van der Waals surface area contributed by atoms with E-state index in [1.54, 1.807) is 7.05 Å². The summed E-state index contributed by atoms with van der Waals surface area (Å²) >= 11 is 0. The zero-order chi connectivity index (χ0) is 10.8. The van der Waals surface area contributed by atoms with Crippen LogP contribution in [0.25, 0.3) is 4.85 Å². The Morgan fingerprint density at radius 2 is 2.00 bits per heavy atom. The first kappa shape index (κ1) is 10.4.